The quantitative estimate of drug-likeness (QED) is 0.589. The molecule has 6 heteroatoms. The Labute approximate surface area is 107 Å². The van der Waals surface area contributed by atoms with Crippen LogP contribution in [0.2, 0.25) is 0 Å². The fraction of sp³-hybridized carbons (Fsp3) is 0.750. The monoisotopic (exact) mass is 255 g/mol. The average Bonchev–Trinajstić information content (AvgIpc) is 2.26. The lowest BCUT2D eigenvalue weighted by atomic mass is 10.0. The van der Waals surface area contributed by atoms with Crippen LogP contribution in [0.15, 0.2) is 0 Å². The molecule has 0 aliphatic carbocycles. The molecule has 4 N–H and O–H groups in total. The third-order valence-electron chi connectivity index (χ3n) is 2.47. The van der Waals surface area contributed by atoms with Crippen molar-refractivity contribution in [3.05, 3.63) is 0 Å². The zero-order valence-corrected chi connectivity index (χ0v) is 11.0. The van der Waals surface area contributed by atoms with Crippen LogP contribution in [0.4, 0.5) is 0 Å². The van der Waals surface area contributed by atoms with Gasteiger partial charge in [-0.3, -0.25) is 9.59 Å². The highest BCUT2D eigenvalue weighted by Gasteiger charge is 2.24. The van der Waals surface area contributed by atoms with Crippen molar-refractivity contribution in [2.24, 2.45) is 17.6 Å². The molecule has 0 saturated heterocycles. The molecule has 0 aromatic carbocycles. The Balaban J connectivity index is 4.46. The summed E-state index contributed by atoms with van der Waals surface area (Å²) in [4.78, 5) is 22.8. The molecule has 6 nitrogen and oxygen atoms in total. The van der Waals surface area contributed by atoms with Gasteiger partial charge in [-0.05, 0) is 25.7 Å². The van der Waals surface area contributed by atoms with Crippen LogP contribution < -0.4 is 11.1 Å². The first-order chi connectivity index (χ1) is 8.27. The predicted molar refractivity (Wildman–Crippen MR) is 66.0 cm³/mol. The normalized spacial score (nSPS) is 15.6. The SMILES string of the molecule is CC(C)C[C@@H](O)C(=O)N[C@@H](C[C@H](C)C#N)C(N)=O. The smallest absolute Gasteiger partial charge is 0.249 e. The van der Waals surface area contributed by atoms with Gasteiger partial charge in [0.25, 0.3) is 0 Å². The second-order valence-electron chi connectivity index (χ2n) is 4.87. The summed E-state index contributed by atoms with van der Waals surface area (Å²) in [5, 5.41) is 20.6. The van der Waals surface area contributed by atoms with E-state index < -0.39 is 29.9 Å². The molecule has 0 fully saturated rings. The van der Waals surface area contributed by atoms with E-state index in [-0.39, 0.29) is 12.3 Å². The van der Waals surface area contributed by atoms with E-state index in [0.717, 1.165) is 0 Å². The van der Waals surface area contributed by atoms with Crippen molar-refractivity contribution in [2.75, 3.05) is 0 Å². The molecule has 0 aromatic heterocycles. The second-order valence-corrected chi connectivity index (χ2v) is 4.87. The highest BCUT2D eigenvalue weighted by Crippen LogP contribution is 2.07. The molecule has 0 aliphatic rings. The summed E-state index contributed by atoms with van der Waals surface area (Å²) in [6.45, 7) is 5.38. The zero-order valence-electron chi connectivity index (χ0n) is 11.0. The lowest BCUT2D eigenvalue weighted by molar-refractivity contribution is -0.134. The number of carbonyl (C=O) groups excluding carboxylic acids is 2. The highest BCUT2D eigenvalue weighted by molar-refractivity contribution is 5.88. The van der Waals surface area contributed by atoms with Gasteiger partial charge in [-0.2, -0.15) is 5.26 Å². The molecule has 18 heavy (non-hydrogen) atoms. The summed E-state index contributed by atoms with van der Waals surface area (Å²) in [7, 11) is 0. The minimum Gasteiger partial charge on any atom is -0.383 e. The molecule has 0 heterocycles. The van der Waals surface area contributed by atoms with Gasteiger partial charge in [0.05, 0.1) is 6.07 Å². The largest absolute Gasteiger partial charge is 0.383 e. The first-order valence-electron chi connectivity index (χ1n) is 5.95. The molecular weight excluding hydrogens is 234 g/mol. The number of primary amides is 1. The van der Waals surface area contributed by atoms with E-state index in [4.69, 9.17) is 11.0 Å². The van der Waals surface area contributed by atoms with Gasteiger partial charge in [-0.25, -0.2) is 0 Å². The fourth-order valence-electron chi connectivity index (χ4n) is 1.47. The maximum atomic E-state index is 11.6. The summed E-state index contributed by atoms with van der Waals surface area (Å²) in [5.74, 6) is -1.57. The van der Waals surface area contributed by atoms with Gasteiger partial charge in [0.1, 0.15) is 12.1 Å². The van der Waals surface area contributed by atoms with Crippen molar-refractivity contribution >= 4 is 11.8 Å². The topological polar surface area (TPSA) is 116 Å². The average molecular weight is 255 g/mol. The van der Waals surface area contributed by atoms with Crippen molar-refractivity contribution in [2.45, 2.75) is 45.8 Å². The number of aliphatic hydroxyl groups is 1. The Hall–Kier alpha value is -1.61. The third-order valence-corrected chi connectivity index (χ3v) is 2.47. The summed E-state index contributed by atoms with van der Waals surface area (Å²) in [6.07, 6.45) is -0.707. The number of hydrogen-bond acceptors (Lipinski definition) is 4. The van der Waals surface area contributed by atoms with Crippen molar-refractivity contribution in [1.82, 2.24) is 5.32 Å². The molecule has 0 spiro atoms. The molecule has 0 aromatic rings. The Kier molecular flexibility index (Phi) is 6.98. The summed E-state index contributed by atoms with van der Waals surface area (Å²) in [6, 6.07) is 1.04. The van der Waals surface area contributed by atoms with Gasteiger partial charge in [-0.1, -0.05) is 13.8 Å². The minimum atomic E-state index is -1.16. The molecule has 0 unspecified atom stereocenters. The van der Waals surface area contributed by atoms with Crippen molar-refractivity contribution in [3.63, 3.8) is 0 Å². The van der Waals surface area contributed by atoms with Crippen molar-refractivity contribution < 1.29 is 14.7 Å². The number of nitriles is 1. The Morgan fingerprint density at radius 2 is 1.89 bits per heavy atom. The minimum absolute atomic E-state index is 0.145. The number of amides is 2. The summed E-state index contributed by atoms with van der Waals surface area (Å²) < 4.78 is 0. The van der Waals surface area contributed by atoms with Gasteiger partial charge < -0.3 is 16.2 Å². The summed E-state index contributed by atoms with van der Waals surface area (Å²) >= 11 is 0. The van der Waals surface area contributed by atoms with E-state index in [1.54, 1.807) is 6.92 Å². The van der Waals surface area contributed by atoms with Crippen LogP contribution in [-0.2, 0) is 9.59 Å². The first kappa shape index (κ1) is 16.4. The van der Waals surface area contributed by atoms with Gasteiger partial charge in [-0.15, -0.1) is 0 Å². The number of nitrogens with zero attached hydrogens (tertiary/aromatic N) is 1. The number of aliphatic hydroxyl groups excluding tert-OH is 1. The van der Waals surface area contributed by atoms with Crippen LogP contribution in [0.25, 0.3) is 0 Å². The molecule has 3 atom stereocenters. The fourth-order valence-corrected chi connectivity index (χ4v) is 1.47. The third kappa shape index (κ3) is 6.21. The number of nitrogens with two attached hydrogens (primary N) is 1. The number of carbonyl (C=O) groups is 2. The lowest BCUT2D eigenvalue weighted by Crippen LogP contribution is -2.48. The van der Waals surface area contributed by atoms with Gasteiger partial charge >= 0.3 is 0 Å². The van der Waals surface area contributed by atoms with E-state index in [0.29, 0.717) is 6.42 Å². The maximum Gasteiger partial charge on any atom is 0.249 e. The van der Waals surface area contributed by atoms with E-state index in [1.165, 1.54) is 0 Å². The van der Waals surface area contributed by atoms with Crippen LogP contribution in [0.3, 0.4) is 0 Å². The number of rotatable bonds is 7. The van der Waals surface area contributed by atoms with E-state index in [2.05, 4.69) is 5.32 Å². The highest BCUT2D eigenvalue weighted by atomic mass is 16.3. The van der Waals surface area contributed by atoms with Crippen molar-refractivity contribution in [3.8, 4) is 6.07 Å². The zero-order chi connectivity index (χ0) is 14.3. The van der Waals surface area contributed by atoms with E-state index in [1.807, 2.05) is 19.9 Å². The number of nitrogens with one attached hydrogen (secondary N) is 1. The standard InChI is InChI=1S/C12H21N3O3/c1-7(2)4-10(16)12(18)15-9(11(14)17)5-8(3)6-13/h7-10,16H,4-5H2,1-3H3,(H2,14,17)(H,15,18)/t8-,9-,10+/m0/s1. The molecule has 0 saturated carbocycles. The van der Waals surface area contributed by atoms with Crippen LogP contribution in [0.5, 0.6) is 0 Å². The second kappa shape index (κ2) is 7.67. The molecule has 0 radical (unpaired) electrons. The molecule has 0 rings (SSSR count). The molecule has 2 amide bonds. The molecular formula is C12H21N3O3. The Morgan fingerprint density at radius 1 is 1.33 bits per heavy atom. The van der Waals surface area contributed by atoms with Gasteiger partial charge in [0.2, 0.25) is 11.8 Å². The van der Waals surface area contributed by atoms with Crippen LogP contribution >= 0.6 is 0 Å². The van der Waals surface area contributed by atoms with E-state index in [9.17, 15) is 14.7 Å². The van der Waals surface area contributed by atoms with Crippen LogP contribution in [-0.4, -0.2) is 29.1 Å². The summed E-state index contributed by atoms with van der Waals surface area (Å²) in [5.41, 5.74) is 5.14. The lowest BCUT2D eigenvalue weighted by Gasteiger charge is -2.19. The molecule has 102 valence electrons. The first-order valence-corrected chi connectivity index (χ1v) is 5.95. The molecule has 0 bridgehead atoms. The Bertz CT molecular complexity index is 336. The van der Waals surface area contributed by atoms with Crippen molar-refractivity contribution in [1.29, 1.82) is 5.26 Å². The Morgan fingerprint density at radius 3 is 2.28 bits per heavy atom. The predicted octanol–water partition coefficient (Wildman–Crippen LogP) is -0.0867. The molecule has 0 aliphatic heterocycles. The van der Waals surface area contributed by atoms with E-state index >= 15 is 0 Å². The van der Waals surface area contributed by atoms with Gasteiger partial charge in [0, 0.05) is 5.92 Å². The van der Waals surface area contributed by atoms with Gasteiger partial charge in [0.15, 0.2) is 0 Å². The van der Waals surface area contributed by atoms with Crippen LogP contribution in [0.1, 0.15) is 33.6 Å². The number of hydrogen-bond donors (Lipinski definition) is 3. The van der Waals surface area contributed by atoms with Crippen LogP contribution in [0, 0.1) is 23.2 Å². The maximum absolute atomic E-state index is 11.6.